The number of carbonyl (C=O) groups is 2. The molecule has 0 saturated heterocycles. The third-order valence-electron chi connectivity index (χ3n) is 3.30. The van der Waals surface area contributed by atoms with E-state index in [0.717, 1.165) is 0 Å². The second-order valence-corrected chi connectivity index (χ2v) is 6.48. The average Bonchev–Trinajstić information content (AvgIpc) is 2.41. The molecule has 1 aromatic carbocycles. The Kier molecular flexibility index (Phi) is 6.98. The number of hydrogen-bond acceptors (Lipinski definition) is 2. The highest BCUT2D eigenvalue weighted by atomic mass is 35.5. The van der Waals surface area contributed by atoms with Crippen molar-refractivity contribution in [2.24, 2.45) is 5.92 Å². The first-order valence-electron chi connectivity index (χ1n) is 6.89. The van der Waals surface area contributed by atoms with E-state index in [0.29, 0.717) is 17.0 Å². The van der Waals surface area contributed by atoms with Gasteiger partial charge in [-0.05, 0) is 24.0 Å². The van der Waals surface area contributed by atoms with Gasteiger partial charge in [-0.25, -0.2) is 0 Å². The van der Waals surface area contributed by atoms with Crippen molar-refractivity contribution in [3.63, 3.8) is 0 Å². The molecule has 0 saturated carbocycles. The molecule has 1 atom stereocenters. The summed E-state index contributed by atoms with van der Waals surface area (Å²) in [4.78, 5) is 22.9. The smallest absolute Gasteiger partial charge is 0.303 e. The highest BCUT2D eigenvalue weighted by molar-refractivity contribution is 6.43. The van der Waals surface area contributed by atoms with Gasteiger partial charge in [-0.15, -0.1) is 0 Å². The number of anilines is 1. The quantitative estimate of drug-likeness (QED) is 0.726. The number of benzene rings is 1. The van der Waals surface area contributed by atoms with Crippen LogP contribution in [0.25, 0.3) is 0 Å². The Morgan fingerprint density at radius 1 is 1.23 bits per heavy atom. The molecule has 22 heavy (non-hydrogen) atoms. The van der Waals surface area contributed by atoms with Gasteiger partial charge in [0.2, 0.25) is 5.91 Å². The van der Waals surface area contributed by atoms with Gasteiger partial charge >= 0.3 is 5.97 Å². The Balaban J connectivity index is 3.34. The van der Waals surface area contributed by atoms with E-state index in [1.807, 2.05) is 6.92 Å². The number of rotatable bonds is 6. The predicted octanol–water partition coefficient (Wildman–Crippen LogP) is 5.21. The predicted molar refractivity (Wildman–Crippen MR) is 90.2 cm³/mol. The summed E-state index contributed by atoms with van der Waals surface area (Å²) in [5, 5.41) is 12.4. The van der Waals surface area contributed by atoms with E-state index in [2.05, 4.69) is 5.32 Å². The molecule has 0 radical (unpaired) electrons. The fourth-order valence-corrected chi connectivity index (χ4v) is 3.19. The molecule has 0 fully saturated rings. The Hall–Kier alpha value is -0.970. The van der Waals surface area contributed by atoms with Crippen molar-refractivity contribution < 1.29 is 14.7 Å². The number of aliphatic carboxylic acids is 1. The summed E-state index contributed by atoms with van der Waals surface area (Å²) in [6.07, 6.45) is 0.445. The summed E-state index contributed by atoms with van der Waals surface area (Å²) in [6, 6.07) is 1.48. The van der Waals surface area contributed by atoms with E-state index in [4.69, 9.17) is 39.9 Å². The first-order chi connectivity index (χ1) is 10.2. The van der Waals surface area contributed by atoms with Crippen molar-refractivity contribution in [3.8, 4) is 0 Å². The Morgan fingerprint density at radius 3 is 2.27 bits per heavy atom. The Morgan fingerprint density at radius 2 is 1.82 bits per heavy atom. The molecule has 0 heterocycles. The molecule has 1 aromatic rings. The molecule has 7 heteroatoms. The van der Waals surface area contributed by atoms with Crippen LogP contribution < -0.4 is 5.32 Å². The summed E-state index contributed by atoms with van der Waals surface area (Å²) in [7, 11) is 0. The molecule has 2 N–H and O–H groups in total. The number of nitrogens with one attached hydrogen (secondary N) is 1. The number of carbonyl (C=O) groups excluding carboxylic acids is 1. The number of carboxylic acids is 1. The maximum Gasteiger partial charge on any atom is 0.303 e. The number of amides is 1. The van der Waals surface area contributed by atoms with Crippen LogP contribution >= 0.6 is 34.8 Å². The van der Waals surface area contributed by atoms with Crippen LogP contribution in [-0.4, -0.2) is 17.0 Å². The molecular weight excluding hydrogens is 349 g/mol. The van der Waals surface area contributed by atoms with Gasteiger partial charge in [0.25, 0.3) is 0 Å². The summed E-state index contributed by atoms with van der Waals surface area (Å²) in [5.41, 5.74) is 0.766. The van der Waals surface area contributed by atoms with Gasteiger partial charge in [-0.2, -0.15) is 0 Å². The summed E-state index contributed by atoms with van der Waals surface area (Å²) >= 11 is 18.6. The first-order valence-corrected chi connectivity index (χ1v) is 8.02. The molecule has 0 aliphatic heterocycles. The van der Waals surface area contributed by atoms with Crippen LogP contribution in [0.15, 0.2) is 6.07 Å². The van der Waals surface area contributed by atoms with Gasteiger partial charge in [-0.3, -0.25) is 9.59 Å². The van der Waals surface area contributed by atoms with Crippen molar-refractivity contribution >= 4 is 52.4 Å². The average molecular weight is 367 g/mol. The minimum atomic E-state index is -0.943. The monoisotopic (exact) mass is 365 g/mol. The lowest BCUT2D eigenvalue weighted by atomic mass is 9.92. The van der Waals surface area contributed by atoms with Gasteiger partial charge in [0.1, 0.15) is 0 Å². The molecule has 1 unspecified atom stereocenters. The van der Waals surface area contributed by atoms with Crippen LogP contribution in [-0.2, 0) is 9.59 Å². The summed E-state index contributed by atoms with van der Waals surface area (Å²) in [5.74, 6) is -1.78. The largest absolute Gasteiger partial charge is 0.481 e. The van der Waals surface area contributed by atoms with E-state index in [-0.39, 0.29) is 39.9 Å². The minimum absolute atomic E-state index is 0.102. The third-order valence-corrected chi connectivity index (χ3v) is 4.30. The molecule has 0 aromatic heterocycles. The zero-order valence-corrected chi connectivity index (χ0v) is 14.8. The lowest BCUT2D eigenvalue weighted by Gasteiger charge is -2.20. The van der Waals surface area contributed by atoms with Crippen LogP contribution in [0, 0.1) is 5.92 Å². The second-order valence-electron chi connectivity index (χ2n) is 5.29. The van der Waals surface area contributed by atoms with Crippen molar-refractivity contribution in [3.05, 3.63) is 26.7 Å². The van der Waals surface area contributed by atoms with Gasteiger partial charge in [0.05, 0.1) is 22.2 Å². The zero-order valence-electron chi connectivity index (χ0n) is 12.5. The molecule has 0 bridgehead atoms. The highest BCUT2D eigenvalue weighted by Crippen LogP contribution is 2.43. The van der Waals surface area contributed by atoms with Crippen LogP contribution in [0.4, 0.5) is 5.69 Å². The molecule has 1 rings (SSSR count). The summed E-state index contributed by atoms with van der Waals surface area (Å²) < 4.78 is 0. The van der Waals surface area contributed by atoms with E-state index in [1.54, 1.807) is 13.8 Å². The fourth-order valence-electron chi connectivity index (χ4n) is 2.02. The van der Waals surface area contributed by atoms with Gasteiger partial charge in [0.15, 0.2) is 0 Å². The lowest BCUT2D eigenvalue weighted by molar-refractivity contribution is -0.137. The Labute approximate surface area is 144 Å². The molecule has 4 nitrogen and oxygen atoms in total. The second kappa shape index (κ2) is 8.04. The van der Waals surface area contributed by atoms with E-state index in [1.165, 1.54) is 6.07 Å². The van der Waals surface area contributed by atoms with Crippen molar-refractivity contribution in [1.82, 2.24) is 0 Å². The number of halogens is 3. The van der Waals surface area contributed by atoms with Crippen LogP contribution in [0.5, 0.6) is 0 Å². The van der Waals surface area contributed by atoms with Crippen LogP contribution in [0.3, 0.4) is 0 Å². The molecule has 0 aliphatic carbocycles. The Bertz CT molecular complexity index is 588. The fraction of sp³-hybridized carbons (Fsp3) is 0.467. The molecule has 0 spiro atoms. The van der Waals surface area contributed by atoms with Gasteiger partial charge in [0, 0.05) is 10.9 Å². The van der Waals surface area contributed by atoms with Crippen LogP contribution in [0.2, 0.25) is 15.1 Å². The number of carboxylic acid groups (broad SMARTS) is 1. The highest BCUT2D eigenvalue weighted by Gasteiger charge is 2.24. The maximum absolute atomic E-state index is 11.9. The van der Waals surface area contributed by atoms with Crippen molar-refractivity contribution in [2.75, 3.05) is 5.32 Å². The zero-order chi connectivity index (χ0) is 17.0. The van der Waals surface area contributed by atoms with E-state index in [9.17, 15) is 9.59 Å². The molecule has 122 valence electrons. The standard InChI is InChI=1S/C15H18Cl3NO3/c1-4-8(5-11(20)21)12-9(16)6-10(17)14(13(12)18)19-15(22)7(2)3/h6-8H,4-5H2,1-3H3,(H,19,22)(H,20,21). The maximum atomic E-state index is 11.9. The summed E-state index contributed by atoms with van der Waals surface area (Å²) in [6.45, 7) is 5.34. The van der Waals surface area contributed by atoms with E-state index < -0.39 is 5.97 Å². The normalized spacial score (nSPS) is 12.3. The van der Waals surface area contributed by atoms with Crippen LogP contribution in [0.1, 0.15) is 45.1 Å². The minimum Gasteiger partial charge on any atom is -0.481 e. The number of hydrogen-bond donors (Lipinski definition) is 2. The van der Waals surface area contributed by atoms with E-state index >= 15 is 0 Å². The van der Waals surface area contributed by atoms with Crippen molar-refractivity contribution in [2.45, 2.75) is 39.5 Å². The first kappa shape index (κ1) is 19.1. The molecule has 1 amide bonds. The van der Waals surface area contributed by atoms with Gasteiger partial charge in [-0.1, -0.05) is 55.6 Å². The SMILES string of the molecule is CCC(CC(=O)O)c1c(Cl)cc(Cl)c(NC(=O)C(C)C)c1Cl. The molecular formula is C15H18Cl3NO3. The van der Waals surface area contributed by atoms with Crippen molar-refractivity contribution in [1.29, 1.82) is 0 Å². The topological polar surface area (TPSA) is 66.4 Å². The third kappa shape index (κ3) is 4.51. The molecule has 0 aliphatic rings. The van der Waals surface area contributed by atoms with Gasteiger partial charge < -0.3 is 10.4 Å². The lowest BCUT2D eigenvalue weighted by Crippen LogP contribution is -2.19.